The topological polar surface area (TPSA) is 118 Å². The maximum absolute atomic E-state index is 12.3. The monoisotopic (exact) mass is 372 g/mol. The molecule has 0 spiro atoms. The average molecular weight is 372 g/mol. The summed E-state index contributed by atoms with van der Waals surface area (Å²) in [6, 6.07) is 5.09. The van der Waals surface area contributed by atoms with Crippen LogP contribution in [0.4, 0.5) is 0 Å². The van der Waals surface area contributed by atoms with Gasteiger partial charge in [-0.3, -0.25) is 14.3 Å². The van der Waals surface area contributed by atoms with Crippen molar-refractivity contribution in [2.75, 3.05) is 14.2 Å². The molecule has 1 aliphatic heterocycles. The second-order valence-electron chi connectivity index (χ2n) is 5.91. The molecule has 2 aromatic rings. The highest BCUT2D eigenvalue weighted by molar-refractivity contribution is 6.03. The van der Waals surface area contributed by atoms with Crippen LogP contribution in [0.25, 0.3) is 0 Å². The molecule has 0 amide bonds. The van der Waals surface area contributed by atoms with E-state index in [1.54, 1.807) is 26.4 Å². The summed E-state index contributed by atoms with van der Waals surface area (Å²) in [7, 11) is 3.12. The SMILES string of the molecule is C=CCn1c(O)c(C2=NN[C@H](c3cc(OC)ccc3OC)C2)c(=O)[nH]c1=O. The molecular weight excluding hydrogens is 352 g/mol. The third kappa shape index (κ3) is 3.31. The highest BCUT2D eigenvalue weighted by Crippen LogP contribution is 2.34. The molecule has 142 valence electrons. The molecule has 1 aliphatic rings. The number of methoxy groups -OCH3 is 2. The molecule has 0 bridgehead atoms. The van der Waals surface area contributed by atoms with Crippen molar-refractivity contribution in [2.45, 2.75) is 19.0 Å². The van der Waals surface area contributed by atoms with Crippen LogP contribution in [0.15, 0.2) is 45.5 Å². The van der Waals surface area contributed by atoms with E-state index in [0.29, 0.717) is 23.6 Å². The van der Waals surface area contributed by atoms with Crippen LogP contribution in [-0.4, -0.2) is 34.6 Å². The summed E-state index contributed by atoms with van der Waals surface area (Å²) >= 11 is 0. The number of rotatable bonds is 6. The normalized spacial score (nSPS) is 15.8. The Morgan fingerprint density at radius 1 is 1.37 bits per heavy atom. The number of allylic oxidation sites excluding steroid dienone is 1. The van der Waals surface area contributed by atoms with Gasteiger partial charge in [-0.05, 0) is 18.2 Å². The first-order chi connectivity index (χ1) is 13.0. The molecule has 0 saturated carbocycles. The van der Waals surface area contributed by atoms with Crippen molar-refractivity contribution in [1.82, 2.24) is 15.0 Å². The van der Waals surface area contributed by atoms with Crippen molar-refractivity contribution < 1.29 is 14.6 Å². The quantitative estimate of drug-likeness (QED) is 0.648. The molecule has 0 aliphatic carbocycles. The first-order valence-electron chi connectivity index (χ1n) is 8.21. The first-order valence-corrected chi connectivity index (χ1v) is 8.21. The smallest absolute Gasteiger partial charge is 0.331 e. The molecule has 1 atom stereocenters. The van der Waals surface area contributed by atoms with E-state index in [0.717, 1.165) is 10.1 Å². The molecule has 3 N–H and O–H groups in total. The van der Waals surface area contributed by atoms with Crippen molar-refractivity contribution in [3.8, 4) is 17.4 Å². The molecule has 2 heterocycles. The zero-order valence-electron chi connectivity index (χ0n) is 15.0. The van der Waals surface area contributed by atoms with E-state index in [-0.39, 0.29) is 18.2 Å². The van der Waals surface area contributed by atoms with Gasteiger partial charge in [-0.2, -0.15) is 5.10 Å². The Balaban J connectivity index is 1.98. The van der Waals surface area contributed by atoms with Crippen molar-refractivity contribution >= 4 is 5.71 Å². The zero-order chi connectivity index (χ0) is 19.6. The van der Waals surface area contributed by atoms with Gasteiger partial charge in [0.2, 0.25) is 5.88 Å². The van der Waals surface area contributed by atoms with Crippen LogP contribution in [0.1, 0.15) is 23.6 Å². The van der Waals surface area contributed by atoms with Crippen molar-refractivity contribution in [3.63, 3.8) is 0 Å². The minimum Gasteiger partial charge on any atom is -0.497 e. The summed E-state index contributed by atoms with van der Waals surface area (Å²) in [5.41, 5.74) is 2.63. The number of aromatic hydroxyl groups is 1. The first kappa shape index (κ1) is 18.3. The van der Waals surface area contributed by atoms with E-state index >= 15 is 0 Å². The van der Waals surface area contributed by atoms with Crippen LogP contribution >= 0.6 is 0 Å². The van der Waals surface area contributed by atoms with Crippen LogP contribution < -0.4 is 26.1 Å². The van der Waals surface area contributed by atoms with Gasteiger partial charge >= 0.3 is 5.69 Å². The number of nitrogens with one attached hydrogen (secondary N) is 2. The van der Waals surface area contributed by atoms with Gasteiger partial charge in [-0.15, -0.1) is 6.58 Å². The summed E-state index contributed by atoms with van der Waals surface area (Å²) < 4.78 is 11.7. The number of hydrogen-bond donors (Lipinski definition) is 3. The second-order valence-corrected chi connectivity index (χ2v) is 5.91. The lowest BCUT2D eigenvalue weighted by Crippen LogP contribution is -2.33. The predicted octanol–water partition coefficient (Wildman–Crippen LogP) is 0.884. The lowest BCUT2D eigenvalue weighted by molar-refractivity contribution is 0.392. The fourth-order valence-electron chi connectivity index (χ4n) is 3.01. The number of benzene rings is 1. The lowest BCUT2D eigenvalue weighted by atomic mass is 9.99. The van der Waals surface area contributed by atoms with Crippen LogP contribution in [-0.2, 0) is 6.54 Å². The summed E-state index contributed by atoms with van der Waals surface area (Å²) in [6.07, 6.45) is 1.76. The Bertz CT molecular complexity index is 1020. The van der Waals surface area contributed by atoms with E-state index in [2.05, 4.69) is 22.1 Å². The van der Waals surface area contributed by atoms with Crippen molar-refractivity contribution in [3.05, 3.63) is 62.8 Å². The standard InChI is InChI=1S/C18H20N4O5/c1-4-7-22-17(24)15(16(23)19-18(22)25)13-9-12(20-21-13)11-8-10(26-2)5-6-14(11)27-3/h4-6,8,12,20,24H,1,7,9H2,2-3H3,(H,19,23,25)/t12-/m0/s1. The number of hydrazone groups is 1. The Labute approximate surface area is 154 Å². The summed E-state index contributed by atoms with van der Waals surface area (Å²) in [5.74, 6) is 0.850. The van der Waals surface area contributed by atoms with Crippen LogP contribution in [0.5, 0.6) is 17.4 Å². The third-order valence-corrected chi connectivity index (χ3v) is 4.34. The molecule has 0 radical (unpaired) electrons. The molecule has 9 nitrogen and oxygen atoms in total. The van der Waals surface area contributed by atoms with Crippen LogP contribution in [0.3, 0.4) is 0 Å². The zero-order valence-corrected chi connectivity index (χ0v) is 15.0. The van der Waals surface area contributed by atoms with Gasteiger partial charge in [0.05, 0.1) is 26.0 Å². The molecule has 9 heteroatoms. The van der Waals surface area contributed by atoms with E-state index in [9.17, 15) is 14.7 Å². The van der Waals surface area contributed by atoms with Crippen LogP contribution in [0, 0.1) is 0 Å². The number of hydrogen-bond acceptors (Lipinski definition) is 7. The van der Waals surface area contributed by atoms with E-state index in [4.69, 9.17) is 9.47 Å². The summed E-state index contributed by atoms with van der Waals surface area (Å²) in [5, 5.41) is 14.6. The second kappa shape index (κ2) is 7.40. The fraction of sp³-hybridized carbons (Fsp3) is 0.278. The van der Waals surface area contributed by atoms with Gasteiger partial charge in [0.25, 0.3) is 5.56 Å². The van der Waals surface area contributed by atoms with E-state index in [1.165, 1.54) is 6.08 Å². The summed E-state index contributed by atoms with van der Waals surface area (Å²) in [6.45, 7) is 3.60. The van der Waals surface area contributed by atoms with Crippen molar-refractivity contribution in [1.29, 1.82) is 0 Å². The van der Waals surface area contributed by atoms with Crippen LogP contribution in [0.2, 0.25) is 0 Å². The Hall–Kier alpha value is -3.49. The van der Waals surface area contributed by atoms with Crippen molar-refractivity contribution in [2.24, 2.45) is 5.10 Å². The molecule has 3 rings (SSSR count). The van der Waals surface area contributed by atoms with Gasteiger partial charge in [-0.1, -0.05) is 6.08 Å². The van der Waals surface area contributed by atoms with E-state index < -0.39 is 17.1 Å². The molecule has 0 fully saturated rings. The third-order valence-electron chi connectivity index (χ3n) is 4.34. The summed E-state index contributed by atoms with van der Waals surface area (Å²) in [4.78, 5) is 26.3. The van der Waals surface area contributed by atoms with Gasteiger partial charge in [0.15, 0.2) is 0 Å². The highest BCUT2D eigenvalue weighted by Gasteiger charge is 2.29. The lowest BCUT2D eigenvalue weighted by Gasteiger charge is -2.16. The number of nitrogens with zero attached hydrogens (tertiary/aromatic N) is 2. The highest BCUT2D eigenvalue weighted by atomic mass is 16.5. The Morgan fingerprint density at radius 2 is 2.15 bits per heavy atom. The number of aromatic amines is 1. The molecule has 0 saturated heterocycles. The molecule has 0 unspecified atom stereocenters. The van der Waals surface area contributed by atoms with Gasteiger partial charge in [0.1, 0.15) is 17.1 Å². The maximum Gasteiger partial charge on any atom is 0.331 e. The molecule has 1 aromatic heterocycles. The minimum absolute atomic E-state index is 0.0479. The average Bonchev–Trinajstić information content (AvgIpc) is 3.13. The van der Waals surface area contributed by atoms with Gasteiger partial charge in [-0.25, -0.2) is 4.79 Å². The largest absolute Gasteiger partial charge is 0.497 e. The van der Waals surface area contributed by atoms with E-state index in [1.807, 2.05) is 6.07 Å². The Morgan fingerprint density at radius 3 is 2.81 bits per heavy atom. The number of aromatic nitrogens is 2. The minimum atomic E-state index is -0.710. The maximum atomic E-state index is 12.3. The predicted molar refractivity (Wildman–Crippen MR) is 99.8 cm³/mol. The number of H-pyrrole nitrogens is 1. The Kier molecular flexibility index (Phi) is 5.02. The number of ether oxygens (including phenoxy) is 2. The molecular formula is C18H20N4O5. The molecule has 1 aromatic carbocycles. The fourth-order valence-corrected chi connectivity index (χ4v) is 3.01. The van der Waals surface area contributed by atoms with Gasteiger partial charge < -0.3 is 20.0 Å². The van der Waals surface area contributed by atoms with Gasteiger partial charge in [0, 0.05) is 18.5 Å². The molecule has 27 heavy (non-hydrogen) atoms.